The number of amides is 7. The zero-order chi connectivity index (χ0) is 52.3. The number of imide groups is 1. The summed E-state index contributed by atoms with van der Waals surface area (Å²) in [5, 5.41) is 8.10. The van der Waals surface area contributed by atoms with Gasteiger partial charge in [0, 0.05) is 59.5 Å². The van der Waals surface area contributed by atoms with Crippen molar-refractivity contribution in [3.8, 4) is 0 Å². The highest BCUT2D eigenvalue weighted by Crippen LogP contribution is 2.53. The van der Waals surface area contributed by atoms with E-state index in [0.29, 0.717) is 57.0 Å². The molecule has 7 amide bonds. The number of hydrogen-bond donors (Lipinski definition) is 2. The molecule has 0 aromatic heterocycles. The molecule has 0 bridgehead atoms. The Bertz CT molecular complexity index is 2020. The van der Waals surface area contributed by atoms with Crippen LogP contribution in [0.5, 0.6) is 0 Å². The van der Waals surface area contributed by atoms with Gasteiger partial charge in [-0.1, -0.05) is 85.2 Å². The second-order valence-electron chi connectivity index (χ2n) is 20.7. The van der Waals surface area contributed by atoms with Crippen LogP contribution in [-0.2, 0) is 57.5 Å². The van der Waals surface area contributed by atoms with Crippen LogP contribution in [0.2, 0.25) is 0 Å². The van der Waals surface area contributed by atoms with Crippen molar-refractivity contribution in [2.45, 2.75) is 167 Å². The zero-order valence-electron chi connectivity index (χ0n) is 44.0. The summed E-state index contributed by atoms with van der Waals surface area (Å²) in [5.41, 5.74) is -0.213. The van der Waals surface area contributed by atoms with Gasteiger partial charge in [-0.15, -0.1) is 5.06 Å². The second-order valence-corrected chi connectivity index (χ2v) is 20.7. The molecule has 1 aromatic carbocycles. The van der Waals surface area contributed by atoms with E-state index >= 15 is 0 Å². The van der Waals surface area contributed by atoms with Crippen LogP contribution in [0.1, 0.15) is 131 Å². The van der Waals surface area contributed by atoms with Crippen molar-refractivity contribution in [2.75, 3.05) is 54.6 Å². The van der Waals surface area contributed by atoms with Gasteiger partial charge in [-0.25, -0.2) is 9.86 Å². The number of carbonyl (C=O) groups excluding carboxylic acids is 8. The molecular weight excluding hydrogens is 915 g/mol. The molecule has 3 aliphatic heterocycles. The molecule has 0 spiro atoms. The normalized spacial score (nSPS) is 23.3. The first-order chi connectivity index (χ1) is 33.7. The molecule has 3 heterocycles. The first-order valence-electron chi connectivity index (χ1n) is 25.7. The monoisotopic (exact) mass is 996 g/mol. The molecule has 4 aliphatic rings. The smallest absolute Gasteiger partial charge is 0.333 e. The first kappa shape index (κ1) is 56.9. The average molecular weight is 996 g/mol. The number of nitrogens with zero attached hydrogens (tertiary/aromatic N) is 5. The van der Waals surface area contributed by atoms with E-state index in [4.69, 9.17) is 19.1 Å². The van der Waals surface area contributed by atoms with Crippen molar-refractivity contribution in [2.24, 2.45) is 23.7 Å². The fourth-order valence-electron chi connectivity index (χ4n) is 10.8. The van der Waals surface area contributed by atoms with Crippen LogP contribution in [0.15, 0.2) is 30.3 Å². The van der Waals surface area contributed by atoms with Gasteiger partial charge < -0.3 is 34.7 Å². The Morgan fingerprint density at radius 3 is 2.13 bits per heavy atom. The molecule has 19 nitrogen and oxygen atoms in total. The lowest BCUT2D eigenvalue weighted by atomic mass is 9.89. The van der Waals surface area contributed by atoms with Crippen LogP contribution in [-0.4, -0.2) is 169 Å². The molecule has 3 saturated heterocycles. The number of hydrogen-bond acceptors (Lipinski definition) is 13. The molecule has 0 radical (unpaired) electrons. The van der Waals surface area contributed by atoms with Crippen LogP contribution >= 0.6 is 0 Å². The maximum atomic E-state index is 14.7. The van der Waals surface area contributed by atoms with Gasteiger partial charge in [0.05, 0.1) is 49.3 Å². The average Bonchev–Trinajstić information content (AvgIpc) is 3.71. The van der Waals surface area contributed by atoms with E-state index in [0.717, 1.165) is 18.4 Å². The summed E-state index contributed by atoms with van der Waals surface area (Å²) in [6.45, 7) is 14.9. The largest absolute Gasteiger partial charge is 0.379 e. The molecular formula is C52H81N7O12. The van der Waals surface area contributed by atoms with Crippen molar-refractivity contribution >= 4 is 47.3 Å². The molecule has 1 saturated carbocycles. The van der Waals surface area contributed by atoms with Gasteiger partial charge in [0.15, 0.2) is 0 Å². The predicted octanol–water partition coefficient (Wildman–Crippen LogP) is 3.99. The van der Waals surface area contributed by atoms with Crippen LogP contribution in [0.3, 0.4) is 0 Å². The van der Waals surface area contributed by atoms with Gasteiger partial charge in [-0.3, -0.25) is 43.3 Å². The molecule has 10 atom stereocenters. The minimum atomic E-state index is -1.17. The lowest BCUT2D eigenvalue weighted by Crippen LogP contribution is -2.60. The highest BCUT2D eigenvalue weighted by atomic mass is 16.7. The van der Waals surface area contributed by atoms with Crippen molar-refractivity contribution < 1.29 is 57.5 Å². The Labute approximate surface area is 420 Å². The topological polar surface area (TPSA) is 214 Å². The maximum Gasteiger partial charge on any atom is 0.333 e. The van der Waals surface area contributed by atoms with Crippen molar-refractivity contribution in [3.05, 3.63) is 35.9 Å². The molecule has 71 heavy (non-hydrogen) atoms. The lowest BCUT2D eigenvalue weighted by Gasteiger charge is -2.41. The van der Waals surface area contributed by atoms with Gasteiger partial charge in [0.1, 0.15) is 11.6 Å². The van der Waals surface area contributed by atoms with E-state index in [9.17, 15) is 38.4 Å². The molecule has 2 N–H and O–H groups in total. The Kier molecular flexibility index (Phi) is 20.5. The summed E-state index contributed by atoms with van der Waals surface area (Å²) >= 11 is 0. The number of carbonyl (C=O) groups is 8. The second kappa shape index (κ2) is 25.6. The minimum absolute atomic E-state index is 0.000720. The molecule has 396 valence electrons. The Hall–Kier alpha value is -4.98. The number of likely N-dealkylation sites (tertiary alicyclic amines) is 1. The summed E-state index contributed by atoms with van der Waals surface area (Å²) in [5.74, 6) is -4.92. The predicted molar refractivity (Wildman–Crippen MR) is 262 cm³/mol. The third-order valence-electron chi connectivity index (χ3n) is 15.1. The number of ether oxygens (including phenoxy) is 2. The summed E-state index contributed by atoms with van der Waals surface area (Å²) in [6, 6.07) is 7.08. The molecule has 0 unspecified atom stereocenters. The Morgan fingerprint density at radius 1 is 0.873 bits per heavy atom. The Balaban J connectivity index is 1.24. The number of methoxy groups -OCH3 is 2. The number of benzene rings is 1. The number of rotatable bonds is 25. The van der Waals surface area contributed by atoms with E-state index in [1.54, 1.807) is 30.8 Å². The third kappa shape index (κ3) is 13.6. The summed E-state index contributed by atoms with van der Waals surface area (Å²) < 4.78 is 12.2. The van der Waals surface area contributed by atoms with Gasteiger partial charge in [0.2, 0.25) is 23.6 Å². The van der Waals surface area contributed by atoms with Crippen LogP contribution in [0.25, 0.3) is 0 Å². The maximum absolute atomic E-state index is 14.7. The van der Waals surface area contributed by atoms with E-state index in [-0.39, 0.29) is 85.3 Å². The summed E-state index contributed by atoms with van der Waals surface area (Å²) in [4.78, 5) is 124. The van der Waals surface area contributed by atoms with Gasteiger partial charge >= 0.3 is 5.97 Å². The highest BCUT2D eigenvalue weighted by Gasteiger charge is 2.64. The number of hydroxylamine groups is 4. The summed E-state index contributed by atoms with van der Waals surface area (Å²) in [7, 11) is 6.51. The lowest BCUT2D eigenvalue weighted by molar-refractivity contribution is -0.200. The number of nitrogens with one attached hydrogen (secondary N) is 2. The van der Waals surface area contributed by atoms with Gasteiger partial charge in [0.25, 0.3) is 17.7 Å². The van der Waals surface area contributed by atoms with E-state index in [2.05, 4.69) is 10.6 Å². The standard InChI is InChI=1S/C52H81N7O12/c1-12-34(6)46(56(9)50(66)44(32(2)3)53-49(65)45(33(4)5)55(8)26-19-23-43(63)71-59-40(60)24-25-41(59)61)39(68-10)30-42(62)57-27-18-22-38(57)47(69-11)35(7)48(64)54-52(51(67)58-28-16-17-29-70-58)31-37(52)36-20-14-13-15-21-36/h13-15,20-21,32-35,37-39,44-47H,12,16-19,22-31H2,1-11H3,(H,53,65)(H,54,64)/t34-,35+,37+,38-,39+,44-,45-,46-,47+,52-/m0/s1. The molecule has 1 aromatic rings. The quantitative estimate of drug-likeness (QED) is 0.133. The van der Waals surface area contributed by atoms with Crippen LogP contribution in [0.4, 0.5) is 0 Å². The van der Waals surface area contributed by atoms with Crippen molar-refractivity contribution in [1.82, 2.24) is 35.5 Å². The molecule has 19 heteroatoms. The van der Waals surface area contributed by atoms with Crippen LogP contribution in [0, 0.1) is 23.7 Å². The van der Waals surface area contributed by atoms with E-state index in [1.807, 2.05) is 76.8 Å². The fraction of sp³-hybridized carbons (Fsp3) is 0.731. The first-order valence-corrected chi connectivity index (χ1v) is 25.7. The third-order valence-corrected chi connectivity index (χ3v) is 15.1. The number of likely N-dealkylation sites (N-methyl/N-ethyl adjacent to an activating group) is 2. The van der Waals surface area contributed by atoms with Gasteiger partial charge in [-0.05, 0) is 75.4 Å². The van der Waals surface area contributed by atoms with E-state index < -0.39 is 65.6 Å². The minimum Gasteiger partial charge on any atom is -0.379 e. The fourth-order valence-corrected chi connectivity index (χ4v) is 10.8. The molecule has 5 rings (SSSR count). The van der Waals surface area contributed by atoms with Crippen LogP contribution < -0.4 is 10.6 Å². The molecule has 4 fully saturated rings. The Morgan fingerprint density at radius 2 is 1.55 bits per heavy atom. The highest BCUT2D eigenvalue weighted by molar-refractivity contribution is 6.01. The summed E-state index contributed by atoms with van der Waals surface area (Å²) in [6.07, 6.45) is 2.79. The SMILES string of the molecule is CC[C@H](C)[C@@H]([C@@H](CC(=O)N1CCC[C@H]1[C@H](OC)[C@@H](C)C(=O)N[C@@]1(C(=O)N2CCCCO2)C[C@@H]1c1ccccc1)OC)N(C)C(=O)[C@@H](NC(=O)[C@H](C(C)C)N(C)CCCC(=O)ON1C(=O)CCC1=O)C(C)C. The van der Waals surface area contributed by atoms with E-state index in [1.165, 1.54) is 19.3 Å². The zero-order valence-corrected chi connectivity index (χ0v) is 44.0. The molecule has 1 aliphatic carbocycles. The van der Waals surface area contributed by atoms with Crippen molar-refractivity contribution in [1.29, 1.82) is 0 Å². The van der Waals surface area contributed by atoms with Gasteiger partial charge in [-0.2, -0.15) is 0 Å². The van der Waals surface area contributed by atoms with Crippen molar-refractivity contribution in [3.63, 3.8) is 0 Å².